The van der Waals surface area contributed by atoms with Crippen LogP contribution in [0.25, 0.3) is 11.3 Å². The van der Waals surface area contributed by atoms with Crippen molar-refractivity contribution < 1.29 is 9.47 Å². The van der Waals surface area contributed by atoms with E-state index in [-0.39, 0.29) is 0 Å². The van der Waals surface area contributed by atoms with Crippen LogP contribution in [0.1, 0.15) is 11.5 Å². The first-order chi connectivity index (χ1) is 9.12. The summed E-state index contributed by atoms with van der Waals surface area (Å²) in [6.45, 7) is 2.37. The predicted octanol–water partition coefficient (Wildman–Crippen LogP) is 1.87. The third kappa shape index (κ3) is 2.29. The van der Waals surface area contributed by atoms with Crippen molar-refractivity contribution in [1.82, 2.24) is 9.55 Å². The van der Waals surface area contributed by atoms with Crippen molar-refractivity contribution in [3.05, 3.63) is 29.7 Å². The van der Waals surface area contributed by atoms with Gasteiger partial charge in [-0.3, -0.25) is 0 Å². The monoisotopic (exact) mass is 261 g/mol. The van der Waals surface area contributed by atoms with Gasteiger partial charge in [0.1, 0.15) is 5.82 Å². The maximum absolute atomic E-state index is 5.77. The van der Waals surface area contributed by atoms with Crippen LogP contribution in [0.5, 0.6) is 11.5 Å². The Labute approximate surface area is 113 Å². The molecule has 5 heteroatoms. The van der Waals surface area contributed by atoms with Crippen LogP contribution in [0.4, 0.5) is 0 Å². The minimum Gasteiger partial charge on any atom is -0.493 e. The summed E-state index contributed by atoms with van der Waals surface area (Å²) in [7, 11) is 5.23. The molecular weight excluding hydrogens is 242 g/mol. The van der Waals surface area contributed by atoms with Crippen molar-refractivity contribution in [2.45, 2.75) is 13.5 Å². The van der Waals surface area contributed by atoms with Crippen LogP contribution in [0.15, 0.2) is 18.2 Å². The van der Waals surface area contributed by atoms with E-state index in [0.29, 0.717) is 18.0 Å². The molecule has 0 aliphatic carbocycles. The van der Waals surface area contributed by atoms with Crippen molar-refractivity contribution in [3.63, 3.8) is 0 Å². The normalized spacial score (nSPS) is 10.6. The van der Waals surface area contributed by atoms with Gasteiger partial charge in [-0.25, -0.2) is 4.98 Å². The van der Waals surface area contributed by atoms with E-state index < -0.39 is 0 Å². The highest BCUT2D eigenvalue weighted by Crippen LogP contribution is 2.33. The highest BCUT2D eigenvalue weighted by atomic mass is 16.5. The minimum atomic E-state index is 0.408. The molecule has 102 valence electrons. The number of benzene rings is 1. The molecule has 0 saturated carbocycles. The molecule has 0 unspecified atom stereocenters. The Morgan fingerprint density at radius 1 is 1.21 bits per heavy atom. The molecule has 2 rings (SSSR count). The van der Waals surface area contributed by atoms with Crippen LogP contribution in [0, 0.1) is 6.92 Å². The highest BCUT2D eigenvalue weighted by Gasteiger charge is 2.15. The molecule has 0 atom stereocenters. The number of imidazole rings is 1. The standard InChI is InChI=1S/C14H19N3O2/c1-9-16-11(8-15)14(17(9)2)10-5-6-12(18-3)13(7-10)19-4/h5-7H,8,15H2,1-4H3. The van der Waals surface area contributed by atoms with Gasteiger partial charge >= 0.3 is 0 Å². The molecule has 1 heterocycles. The molecular formula is C14H19N3O2. The van der Waals surface area contributed by atoms with Crippen LogP contribution < -0.4 is 15.2 Å². The fraction of sp³-hybridized carbons (Fsp3) is 0.357. The van der Waals surface area contributed by atoms with Gasteiger partial charge in [-0.2, -0.15) is 0 Å². The second-order valence-corrected chi connectivity index (χ2v) is 4.29. The van der Waals surface area contributed by atoms with Gasteiger partial charge in [0.2, 0.25) is 0 Å². The summed E-state index contributed by atoms with van der Waals surface area (Å²) < 4.78 is 12.6. The quantitative estimate of drug-likeness (QED) is 0.912. The lowest BCUT2D eigenvalue weighted by Crippen LogP contribution is -2.01. The number of hydrogen-bond donors (Lipinski definition) is 1. The van der Waals surface area contributed by atoms with E-state index in [1.54, 1.807) is 14.2 Å². The lowest BCUT2D eigenvalue weighted by atomic mass is 10.1. The van der Waals surface area contributed by atoms with E-state index in [1.165, 1.54) is 0 Å². The van der Waals surface area contributed by atoms with E-state index >= 15 is 0 Å². The Hall–Kier alpha value is -2.01. The van der Waals surface area contributed by atoms with Gasteiger partial charge in [-0.1, -0.05) is 0 Å². The Bertz CT molecular complexity index is 591. The number of nitrogens with two attached hydrogens (primary N) is 1. The fourth-order valence-electron chi connectivity index (χ4n) is 2.16. The van der Waals surface area contributed by atoms with E-state index in [2.05, 4.69) is 4.98 Å². The predicted molar refractivity (Wildman–Crippen MR) is 74.4 cm³/mol. The first-order valence-electron chi connectivity index (χ1n) is 6.07. The van der Waals surface area contributed by atoms with Gasteiger partial charge in [0.25, 0.3) is 0 Å². The lowest BCUT2D eigenvalue weighted by molar-refractivity contribution is 0.355. The van der Waals surface area contributed by atoms with Gasteiger partial charge in [0.05, 0.1) is 25.6 Å². The summed E-state index contributed by atoms with van der Waals surface area (Å²) in [6, 6.07) is 5.81. The van der Waals surface area contributed by atoms with Crippen molar-refractivity contribution in [2.24, 2.45) is 12.8 Å². The SMILES string of the molecule is COc1ccc(-c2c(CN)nc(C)n2C)cc1OC. The molecule has 0 fully saturated rings. The molecule has 0 aliphatic rings. The molecule has 5 nitrogen and oxygen atoms in total. The number of rotatable bonds is 4. The van der Waals surface area contributed by atoms with Crippen molar-refractivity contribution in [3.8, 4) is 22.8 Å². The third-order valence-electron chi connectivity index (χ3n) is 3.24. The highest BCUT2D eigenvalue weighted by molar-refractivity contribution is 5.67. The lowest BCUT2D eigenvalue weighted by Gasteiger charge is -2.11. The Morgan fingerprint density at radius 2 is 1.89 bits per heavy atom. The second-order valence-electron chi connectivity index (χ2n) is 4.29. The first-order valence-corrected chi connectivity index (χ1v) is 6.07. The van der Waals surface area contributed by atoms with Crippen LogP contribution >= 0.6 is 0 Å². The Kier molecular flexibility index (Phi) is 3.76. The molecule has 0 aliphatic heterocycles. The number of aryl methyl sites for hydroxylation is 1. The summed E-state index contributed by atoms with van der Waals surface area (Å²) in [6.07, 6.45) is 0. The Balaban J connectivity index is 2.59. The van der Waals surface area contributed by atoms with Crippen LogP contribution in [0.3, 0.4) is 0 Å². The summed E-state index contributed by atoms with van der Waals surface area (Å²) in [5.41, 5.74) is 8.68. The summed E-state index contributed by atoms with van der Waals surface area (Å²) in [5.74, 6) is 2.34. The zero-order chi connectivity index (χ0) is 14.0. The molecule has 2 aromatic rings. The second kappa shape index (κ2) is 5.32. The number of ether oxygens (including phenoxy) is 2. The average molecular weight is 261 g/mol. The van der Waals surface area contributed by atoms with E-state index in [4.69, 9.17) is 15.2 Å². The van der Waals surface area contributed by atoms with Crippen LogP contribution in [-0.4, -0.2) is 23.8 Å². The first kappa shape index (κ1) is 13.4. The van der Waals surface area contributed by atoms with Crippen LogP contribution in [-0.2, 0) is 13.6 Å². The zero-order valence-electron chi connectivity index (χ0n) is 11.7. The topological polar surface area (TPSA) is 62.3 Å². The largest absolute Gasteiger partial charge is 0.493 e. The van der Waals surface area contributed by atoms with Gasteiger partial charge in [-0.05, 0) is 25.1 Å². The molecule has 0 saturated heterocycles. The number of methoxy groups -OCH3 is 2. The molecule has 1 aromatic carbocycles. The van der Waals surface area contributed by atoms with Crippen molar-refractivity contribution in [2.75, 3.05) is 14.2 Å². The molecule has 0 radical (unpaired) electrons. The van der Waals surface area contributed by atoms with Crippen molar-refractivity contribution in [1.29, 1.82) is 0 Å². The third-order valence-corrected chi connectivity index (χ3v) is 3.24. The van der Waals surface area contributed by atoms with Gasteiger partial charge in [0, 0.05) is 19.2 Å². The molecule has 19 heavy (non-hydrogen) atoms. The maximum atomic E-state index is 5.77. The van der Waals surface area contributed by atoms with E-state index in [1.807, 2.05) is 36.7 Å². The van der Waals surface area contributed by atoms with Crippen molar-refractivity contribution >= 4 is 0 Å². The molecule has 0 spiro atoms. The summed E-state index contributed by atoms with van der Waals surface area (Å²) >= 11 is 0. The number of aromatic nitrogens is 2. The number of nitrogens with zero attached hydrogens (tertiary/aromatic N) is 2. The zero-order valence-corrected chi connectivity index (χ0v) is 11.7. The number of hydrogen-bond acceptors (Lipinski definition) is 4. The molecule has 0 amide bonds. The Morgan fingerprint density at radius 3 is 2.47 bits per heavy atom. The van der Waals surface area contributed by atoms with E-state index in [9.17, 15) is 0 Å². The van der Waals surface area contributed by atoms with Gasteiger partial charge in [0.15, 0.2) is 11.5 Å². The molecule has 2 N–H and O–H groups in total. The van der Waals surface area contributed by atoms with Gasteiger partial charge in [-0.15, -0.1) is 0 Å². The smallest absolute Gasteiger partial charge is 0.161 e. The summed E-state index contributed by atoms with van der Waals surface area (Å²) in [5, 5.41) is 0. The van der Waals surface area contributed by atoms with E-state index in [0.717, 1.165) is 22.8 Å². The fourth-order valence-corrected chi connectivity index (χ4v) is 2.16. The van der Waals surface area contributed by atoms with Gasteiger partial charge < -0.3 is 19.8 Å². The molecule has 1 aromatic heterocycles. The summed E-state index contributed by atoms with van der Waals surface area (Å²) in [4.78, 5) is 4.47. The van der Waals surface area contributed by atoms with Crippen LogP contribution in [0.2, 0.25) is 0 Å². The average Bonchev–Trinajstić information content (AvgIpc) is 2.73. The molecule has 0 bridgehead atoms. The minimum absolute atomic E-state index is 0.408. The maximum Gasteiger partial charge on any atom is 0.161 e.